The van der Waals surface area contributed by atoms with Gasteiger partial charge in [0.2, 0.25) is 5.95 Å². The number of methoxy groups -OCH3 is 1. The molecule has 3 fully saturated rings. The molecule has 8 nitrogen and oxygen atoms in total. The number of rotatable bonds is 5. The molecule has 2 bridgehead atoms. The molecule has 4 heterocycles. The number of ether oxygens (including phenoxy) is 2. The van der Waals surface area contributed by atoms with Crippen LogP contribution in [0, 0.1) is 5.92 Å². The van der Waals surface area contributed by atoms with Gasteiger partial charge >= 0.3 is 0 Å². The van der Waals surface area contributed by atoms with Crippen molar-refractivity contribution in [3.63, 3.8) is 0 Å². The highest BCUT2D eigenvalue weighted by Gasteiger charge is 2.40. The molecule has 0 spiro atoms. The molecule has 3 aliphatic rings. The molecule has 1 N–H and O–H groups in total. The predicted octanol–water partition coefficient (Wildman–Crippen LogP) is 2.95. The van der Waals surface area contributed by atoms with Gasteiger partial charge in [0.15, 0.2) is 5.65 Å². The minimum atomic E-state index is -0.172. The number of nitrogens with one attached hydrogen (secondary N) is 1. The second-order valence-electron chi connectivity index (χ2n) is 8.39. The third-order valence-electron chi connectivity index (χ3n) is 6.40. The van der Waals surface area contributed by atoms with Gasteiger partial charge in [-0.3, -0.25) is 9.78 Å². The number of nitrogens with zero attached hydrogens (tertiary/aromatic N) is 4. The zero-order valence-electron chi connectivity index (χ0n) is 16.5. The monoisotopic (exact) mass is 471 g/mol. The molecule has 1 aliphatic carbocycles. The molecule has 3 aromatic rings. The van der Waals surface area contributed by atoms with E-state index in [1.807, 2.05) is 12.1 Å². The van der Waals surface area contributed by atoms with Gasteiger partial charge < -0.3 is 14.4 Å². The third-order valence-corrected chi connectivity index (χ3v) is 6.89. The first-order valence-electron chi connectivity index (χ1n) is 10.3. The maximum Gasteiger partial charge on any atom is 0.263 e. The van der Waals surface area contributed by atoms with Crippen molar-refractivity contribution >= 4 is 32.9 Å². The van der Waals surface area contributed by atoms with Gasteiger partial charge in [0.05, 0.1) is 30.5 Å². The number of hydrogen-bond donors (Lipinski definition) is 1. The first kappa shape index (κ1) is 18.5. The van der Waals surface area contributed by atoms with Crippen LogP contribution < -0.4 is 10.5 Å². The second kappa shape index (κ2) is 6.90. The smallest absolute Gasteiger partial charge is 0.263 e. The maximum atomic E-state index is 12.8. The van der Waals surface area contributed by atoms with Crippen molar-refractivity contribution in [2.45, 2.75) is 37.5 Å². The van der Waals surface area contributed by atoms with Gasteiger partial charge in [0.25, 0.3) is 5.56 Å². The molecule has 9 heteroatoms. The summed E-state index contributed by atoms with van der Waals surface area (Å²) in [6.45, 7) is 1.44. The molecule has 2 saturated heterocycles. The molecular formula is C21H22BrN5O3. The summed E-state index contributed by atoms with van der Waals surface area (Å²) >= 11 is 3.58. The van der Waals surface area contributed by atoms with E-state index in [4.69, 9.17) is 9.47 Å². The number of H-pyrrole nitrogens is 1. The highest BCUT2D eigenvalue weighted by molar-refractivity contribution is 9.10. The molecule has 0 radical (unpaired) electrons. The maximum absolute atomic E-state index is 12.8. The van der Waals surface area contributed by atoms with Crippen molar-refractivity contribution in [2.75, 3.05) is 25.2 Å². The molecule has 2 aromatic heterocycles. The number of halogens is 1. The average molecular weight is 472 g/mol. The summed E-state index contributed by atoms with van der Waals surface area (Å²) in [6, 6.07) is 6.34. The molecular weight excluding hydrogens is 450 g/mol. The van der Waals surface area contributed by atoms with Crippen molar-refractivity contribution in [3.8, 4) is 5.69 Å². The normalized spacial score (nSPS) is 24.1. The Morgan fingerprint density at radius 1 is 1.37 bits per heavy atom. The Bertz CT molecular complexity index is 1190. The number of hydrogen-bond acceptors (Lipinski definition) is 6. The fraction of sp³-hybridized carbons (Fsp3) is 0.476. The Kier molecular flexibility index (Phi) is 4.26. The summed E-state index contributed by atoms with van der Waals surface area (Å²) < 4.78 is 14.2. The van der Waals surface area contributed by atoms with E-state index in [1.54, 1.807) is 18.0 Å². The molecule has 6 rings (SSSR count). The first-order chi connectivity index (χ1) is 14.6. The largest absolute Gasteiger partial charge is 0.376 e. The van der Waals surface area contributed by atoms with Crippen LogP contribution >= 0.6 is 15.9 Å². The highest BCUT2D eigenvalue weighted by atomic mass is 79.9. The summed E-state index contributed by atoms with van der Waals surface area (Å²) in [5.41, 5.74) is 2.25. The number of morpholine rings is 1. The SMILES string of the molecule is COC(c1cc(Br)ccc1-n1cc2c(=O)[nH]c(N3C[C@H]4C[C@@H]3CO4)nc2n1)C1CC1. The van der Waals surface area contributed by atoms with Gasteiger partial charge in [-0.1, -0.05) is 15.9 Å². The van der Waals surface area contributed by atoms with E-state index in [0.29, 0.717) is 29.5 Å². The minimum absolute atomic E-state index is 0.00627. The van der Waals surface area contributed by atoms with Gasteiger partial charge in [-0.15, -0.1) is 5.10 Å². The van der Waals surface area contributed by atoms with E-state index in [-0.39, 0.29) is 23.8 Å². The zero-order chi connectivity index (χ0) is 20.4. The van der Waals surface area contributed by atoms with Crippen molar-refractivity contribution in [2.24, 2.45) is 5.92 Å². The van der Waals surface area contributed by atoms with Crippen LogP contribution in [0.4, 0.5) is 5.95 Å². The second-order valence-corrected chi connectivity index (χ2v) is 9.31. The number of fused-ring (bicyclic) bond motifs is 3. The molecule has 1 unspecified atom stereocenters. The Labute approximate surface area is 181 Å². The van der Waals surface area contributed by atoms with Crippen LogP contribution in [0.2, 0.25) is 0 Å². The van der Waals surface area contributed by atoms with E-state index in [1.165, 1.54) is 0 Å². The number of anilines is 1. The number of aromatic nitrogens is 4. The van der Waals surface area contributed by atoms with Gasteiger partial charge in [0.1, 0.15) is 5.39 Å². The topological polar surface area (TPSA) is 85.3 Å². The van der Waals surface area contributed by atoms with Crippen LogP contribution in [-0.4, -0.2) is 52.2 Å². The minimum Gasteiger partial charge on any atom is -0.376 e. The van der Waals surface area contributed by atoms with Crippen LogP contribution in [0.25, 0.3) is 16.7 Å². The van der Waals surface area contributed by atoms with Gasteiger partial charge in [-0.25, -0.2) is 4.68 Å². The zero-order valence-corrected chi connectivity index (χ0v) is 18.1. The molecule has 2 aliphatic heterocycles. The molecule has 1 aromatic carbocycles. The summed E-state index contributed by atoms with van der Waals surface area (Å²) in [7, 11) is 1.75. The van der Waals surface area contributed by atoms with Crippen LogP contribution in [0.15, 0.2) is 33.7 Å². The van der Waals surface area contributed by atoms with Crippen LogP contribution in [0.3, 0.4) is 0 Å². The Balaban J connectivity index is 1.44. The molecule has 3 atom stereocenters. The van der Waals surface area contributed by atoms with Crippen LogP contribution in [-0.2, 0) is 9.47 Å². The third kappa shape index (κ3) is 2.99. The highest BCUT2D eigenvalue weighted by Crippen LogP contribution is 2.45. The van der Waals surface area contributed by atoms with Crippen molar-refractivity contribution < 1.29 is 9.47 Å². The predicted molar refractivity (Wildman–Crippen MR) is 115 cm³/mol. The molecule has 0 amide bonds. The van der Waals surface area contributed by atoms with Crippen molar-refractivity contribution in [1.82, 2.24) is 19.7 Å². The fourth-order valence-corrected chi connectivity index (χ4v) is 5.14. The van der Waals surface area contributed by atoms with Gasteiger partial charge in [-0.2, -0.15) is 4.98 Å². The summed E-state index contributed by atoms with van der Waals surface area (Å²) in [5.74, 6) is 1.10. The van der Waals surface area contributed by atoms with Crippen LogP contribution in [0.1, 0.15) is 30.9 Å². The van der Waals surface area contributed by atoms with E-state index in [2.05, 4.69) is 42.0 Å². The lowest BCUT2D eigenvalue weighted by Gasteiger charge is -2.26. The van der Waals surface area contributed by atoms with E-state index < -0.39 is 0 Å². The molecule has 30 heavy (non-hydrogen) atoms. The quantitative estimate of drug-likeness (QED) is 0.615. The molecule has 1 saturated carbocycles. The Morgan fingerprint density at radius 2 is 2.23 bits per heavy atom. The number of aromatic amines is 1. The standard InChI is InChI=1S/C21H22BrN5O3/c1-29-18(11-2-3-11)15-6-12(22)4-5-17(15)27-9-16-19(25-27)23-21(24-20(16)28)26-8-14-7-13(26)10-30-14/h4-6,9,11,13-14,18H,2-3,7-8,10H2,1H3,(H,23,24,25,28)/t13-,14-,18?/m1/s1. The van der Waals surface area contributed by atoms with Crippen LogP contribution in [0.5, 0.6) is 0 Å². The molecule has 156 valence electrons. The summed E-state index contributed by atoms with van der Waals surface area (Å²) in [4.78, 5) is 22.6. The van der Waals surface area contributed by atoms with Crippen molar-refractivity contribution in [1.29, 1.82) is 0 Å². The van der Waals surface area contributed by atoms with E-state index in [0.717, 1.165) is 41.5 Å². The average Bonchev–Trinajstić information content (AvgIpc) is 3.14. The lowest BCUT2D eigenvalue weighted by Crippen LogP contribution is -2.38. The van der Waals surface area contributed by atoms with E-state index in [9.17, 15) is 4.79 Å². The fourth-order valence-electron chi connectivity index (χ4n) is 4.76. The van der Waals surface area contributed by atoms with Crippen molar-refractivity contribution in [3.05, 3.63) is 44.8 Å². The van der Waals surface area contributed by atoms with Gasteiger partial charge in [0, 0.05) is 29.9 Å². The summed E-state index contributed by atoms with van der Waals surface area (Å²) in [6.07, 6.45) is 5.31. The Hall–Kier alpha value is -2.23. The number of benzene rings is 1. The lowest BCUT2D eigenvalue weighted by atomic mass is 10.0. The van der Waals surface area contributed by atoms with Gasteiger partial charge in [-0.05, 0) is 43.4 Å². The van der Waals surface area contributed by atoms with E-state index >= 15 is 0 Å². The first-order valence-corrected chi connectivity index (χ1v) is 11.1. The Morgan fingerprint density at radius 3 is 2.93 bits per heavy atom. The summed E-state index contributed by atoms with van der Waals surface area (Å²) in [5, 5.41) is 5.16. The lowest BCUT2D eigenvalue weighted by molar-refractivity contribution is 0.0844.